The molecule has 0 saturated carbocycles. The molecule has 1 aromatic heterocycles. The Bertz CT molecular complexity index is 973. The van der Waals surface area contributed by atoms with Gasteiger partial charge in [-0.25, -0.2) is 0 Å². The predicted octanol–water partition coefficient (Wildman–Crippen LogP) is 7.54. The first kappa shape index (κ1) is 18.7. The van der Waals surface area contributed by atoms with Gasteiger partial charge in [0.05, 0.1) is 19.2 Å². The number of benzene rings is 3. The number of ether oxygens (including phenoxy) is 1. The molecule has 2 nitrogen and oxygen atoms in total. The van der Waals surface area contributed by atoms with Crippen molar-refractivity contribution in [1.29, 1.82) is 0 Å². The van der Waals surface area contributed by atoms with Crippen LogP contribution in [0.25, 0.3) is 11.1 Å². The second-order valence-corrected chi connectivity index (χ2v) is 8.20. The van der Waals surface area contributed by atoms with Gasteiger partial charge in [-0.1, -0.05) is 48.5 Å². The molecule has 1 heterocycles. The minimum atomic E-state index is 0.849. The van der Waals surface area contributed by atoms with Crippen LogP contribution in [0.3, 0.4) is 0 Å². The van der Waals surface area contributed by atoms with Gasteiger partial charge >= 0.3 is 10.2 Å². The molecule has 0 aliphatic carbocycles. The summed E-state index contributed by atoms with van der Waals surface area (Å²) in [7, 11) is 1.68. The van der Waals surface area contributed by atoms with E-state index in [1.54, 1.807) is 30.6 Å². The lowest BCUT2D eigenvalue weighted by Crippen LogP contribution is -1.85. The van der Waals surface area contributed by atoms with Crippen molar-refractivity contribution in [3.63, 3.8) is 0 Å². The summed E-state index contributed by atoms with van der Waals surface area (Å²) in [6, 6.07) is 32.8. The Kier molecular flexibility index (Phi) is 6.00. The van der Waals surface area contributed by atoms with Crippen LogP contribution >= 0.6 is 23.5 Å². The molecule has 3 aromatic carbocycles. The molecule has 4 heteroatoms. The van der Waals surface area contributed by atoms with Crippen molar-refractivity contribution >= 4 is 23.5 Å². The van der Waals surface area contributed by atoms with Gasteiger partial charge in [0, 0.05) is 38.9 Å². The third kappa shape index (κ3) is 4.77. The molecule has 0 radical (unpaired) electrons. The highest BCUT2D eigenvalue weighted by Crippen LogP contribution is 2.37. The van der Waals surface area contributed by atoms with E-state index in [1.807, 2.05) is 48.5 Å². The standard InChI is InChI=1S/C24H19O2S2/c1-25-20-14-12-18(13-15-20)19-16-23(27-21-8-4-2-5-9-21)26-24(17-19)28-22-10-6-3-7-11-22/h2-17H,1H3/q+1. The zero-order chi connectivity index (χ0) is 19.2. The van der Waals surface area contributed by atoms with E-state index in [2.05, 4.69) is 48.5 Å². The van der Waals surface area contributed by atoms with Crippen LogP contribution in [0.15, 0.2) is 121 Å². The molecule has 0 saturated heterocycles. The molecule has 4 aromatic rings. The first-order chi connectivity index (χ1) is 13.8. The summed E-state index contributed by atoms with van der Waals surface area (Å²) in [5.41, 5.74) is 2.24. The Morgan fingerprint density at radius 1 is 0.607 bits per heavy atom. The summed E-state index contributed by atoms with van der Waals surface area (Å²) < 4.78 is 11.5. The summed E-state index contributed by atoms with van der Waals surface area (Å²) in [5.74, 6) is 0.849. The molecular weight excluding hydrogens is 384 g/mol. The monoisotopic (exact) mass is 403 g/mol. The van der Waals surface area contributed by atoms with Gasteiger partial charge < -0.3 is 4.74 Å². The summed E-state index contributed by atoms with van der Waals surface area (Å²) in [6.07, 6.45) is 0. The maximum Gasteiger partial charge on any atom is 0.394 e. The molecule has 28 heavy (non-hydrogen) atoms. The molecule has 138 valence electrons. The van der Waals surface area contributed by atoms with E-state index in [4.69, 9.17) is 9.15 Å². The average molecular weight is 404 g/mol. The van der Waals surface area contributed by atoms with Gasteiger partial charge in [-0.3, -0.25) is 0 Å². The lowest BCUT2D eigenvalue weighted by atomic mass is 10.1. The van der Waals surface area contributed by atoms with Crippen LogP contribution in [-0.2, 0) is 0 Å². The molecular formula is C24H19O2S2+. The molecule has 0 bridgehead atoms. The second-order valence-electron chi connectivity index (χ2n) is 6.04. The maximum atomic E-state index is 6.19. The highest BCUT2D eigenvalue weighted by molar-refractivity contribution is 7.99. The highest BCUT2D eigenvalue weighted by Gasteiger charge is 2.20. The predicted molar refractivity (Wildman–Crippen MR) is 116 cm³/mol. The van der Waals surface area contributed by atoms with E-state index in [9.17, 15) is 0 Å². The van der Waals surface area contributed by atoms with Crippen molar-refractivity contribution in [2.75, 3.05) is 7.11 Å². The third-order valence-electron chi connectivity index (χ3n) is 4.09. The number of rotatable bonds is 6. The maximum absolute atomic E-state index is 6.19. The molecule has 0 aliphatic heterocycles. The molecule has 0 unspecified atom stereocenters. The van der Waals surface area contributed by atoms with Crippen LogP contribution in [-0.4, -0.2) is 7.11 Å². The minimum absolute atomic E-state index is 0.849. The van der Waals surface area contributed by atoms with Crippen LogP contribution in [0, 0.1) is 0 Å². The SMILES string of the molecule is COc1ccc(-c2cc(Sc3ccccc3)[o+]c(Sc3ccccc3)c2)cc1. The topological polar surface area (TPSA) is 20.5 Å². The Hall–Kier alpha value is -2.69. The Labute approximate surface area is 173 Å². The van der Waals surface area contributed by atoms with Crippen LogP contribution in [0.1, 0.15) is 0 Å². The quantitative estimate of drug-likeness (QED) is 0.310. The van der Waals surface area contributed by atoms with Gasteiger partial charge in [-0.05, 0) is 42.0 Å². The lowest BCUT2D eigenvalue weighted by molar-refractivity contribution is 0.375. The van der Waals surface area contributed by atoms with Crippen molar-refractivity contribution in [2.45, 2.75) is 20.0 Å². The van der Waals surface area contributed by atoms with Gasteiger partial charge in [0.15, 0.2) is 0 Å². The largest absolute Gasteiger partial charge is 0.497 e. The zero-order valence-electron chi connectivity index (χ0n) is 15.4. The van der Waals surface area contributed by atoms with E-state index in [0.717, 1.165) is 36.9 Å². The minimum Gasteiger partial charge on any atom is -0.497 e. The Morgan fingerprint density at radius 3 is 1.57 bits per heavy atom. The summed E-state index contributed by atoms with van der Waals surface area (Å²) >= 11 is 3.25. The van der Waals surface area contributed by atoms with Gasteiger partial charge in [-0.2, -0.15) is 4.42 Å². The molecule has 4 rings (SSSR count). The smallest absolute Gasteiger partial charge is 0.394 e. The van der Waals surface area contributed by atoms with E-state index < -0.39 is 0 Å². The number of methoxy groups -OCH3 is 1. The van der Waals surface area contributed by atoms with E-state index in [-0.39, 0.29) is 0 Å². The van der Waals surface area contributed by atoms with E-state index in [0.29, 0.717) is 0 Å². The van der Waals surface area contributed by atoms with Crippen molar-refractivity contribution < 1.29 is 9.15 Å². The van der Waals surface area contributed by atoms with Crippen LogP contribution < -0.4 is 4.74 Å². The summed E-state index contributed by atoms with van der Waals surface area (Å²) in [5, 5.41) is 1.72. The fourth-order valence-corrected chi connectivity index (χ4v) is 4.45. The first-order valence-electron chi connectivity index (χ1n) is 8.88. The summed E-state index contributed by atoms with van der Waals surface area (Å²) in [4.78, 5) is 2.29. The van der Waals surface area contributed by atoms with Crippen molar-refractivity contribution in [3.8, 4) is 16.9 Å². The van der Waals surface area contributed by atoms with Crippen molar-refractivity contribution in [2.24, 2.45) is 0 Å². The Morgan fingerprint density at radius 2 is 1.11 bits per heavy atom. The number of hydrogen-bond acceptors (Lipinski definition) is 3. The molecule has 0 amide bonds. The van der Waals surface area contributed by atoms with E-state index >= 15 is 0 Å². The normalized spacial score (nSPS) is 10.6. The van der Waals surface area contributed by atoms with Crippen LogP contribution in [0.2, 0.25) is 0 Å². The lowest BCUT2D eigenvalue weighted by Gasteiger charge is -2.04. The molecule has 0 N–H and O–H groups in total. The van der Waals surface area contributed by atoms with E-state index in [1.165, 1.54) is 0 Å². The Balaban J connectivity index is 1.71. The van der Waals surface area contributed by atoms with Gasteiger partial charge in [-0.15, -0.1) is 0 Å². The first-order valence-corrected chi connectivity index (χ1v) is 10.5. The van der Waals surface area contributed by atoms with Crippen LogP contribution in [0.5, 0.6) is 5.75 Å². The molecule has 0 fully saturated rings. The zero-order valence-corrected chi connectivity index (χ0v) is 17.0. The molecule has 0 spiro atoms. The second kappa shape index (κ2) is 9.00. The fraction of sp³-hybridized carbons (Fsp3) is 0.0417. The highest BCUT2D eigenvalue weighted by atomic mass is 32.2. The number of hydrogen-bond donors (Lipinski definition) is 0. The van der Waals surface area contributed by atoms with Gasteiger partial charge in [0.1, 0.15) is 5.75 Å². The average Bonchev–Trinajstić information content (AvgIpc) is 2.75. The van der Waals surface area contributed by atoms with Crippen molar-refractivity contribution in [3.05, 3.63) is 97.1 Å². The van der Waals surface area contributed by atoms with Crippen LogP contribution in [0.4, 0.5) is 0 Å². The summed E-state index contributed by atoms with van der Waals surface area (Å²) in [6.45, 7) is 0. The fourth-order valence-electron chi connectivity index (χ4n) is 2.71. The van der Waals surface area contributed by atoms with Crippen molar-refractivity contribution in [1.82, 2.24) is 0 Å². The van der Waals surface area contributed by atoms with Gasteiger partial charge in [0.25, 0.3) is 0 Å². The molecule has 0 aliphatic rings. The van der Waals surface area contributed by atoms with Gasteiger partial charge in [0.2, 0.25) is 0 Å². The third-order valence-corrected chi connectivity index (χ3v) is 5.92. The molecule has 0 atom stereocenters.